The van der Waals surface area contributed by atoms with Crippen molar-refractivity contribution in [1.82, 2.24) is 9.97 Å². The molecule has 3 heteroatoms. The molecule has 0 aliphatic heterocycles. The molecule has 68 heavy (non-hydrogen) atoms. The summed E-state index contributed by atoms with van der Waals surface area (Å²) in [6.45, 7) is 0. The number of furan rings is 1. The summed E-state index contributed by atoms with van der Waals surface area (Å²) in [4.78, 5) is 10.9. The van der Waals surface area contributed by atoms with Crippen molar-refractivity contribution in [3.05, 3.63) is 265 Å². The van der Waals surface area contributed by atoms with Crippen molar-refractivity contribution in [3.63, 3.8) is 0 Å². The van der Waals surface area contributed by atoms with Gasteiger partial charge in [0.05, 0.1) is 16.8 Å². The Kier molecular flexibility index (Phi) is 8.50. The quantitative estimate of drug-likeness (QED) is 0.167. The second-order valence-electron chi connectivity index (χ2n) is 18.0. The molecule has 1 spiro atoms. The molecule has 3 nitrogen and oxygen atoms in total. The molecule has 0 bridgehead atoms. The zero-order chi connectivity index (χ0) is 44.8. The van der Waals surface area contributed by atoms with Crippen LogP contribution in [0.2, 0.25) is 0 Å². The fourth-order valence-electron chi connectivity index (χ4n) is 11.4. The van der Waals surface area contributed by atoms with Gasteiger partial charge in [0.15, 0.2) is 5.82 Å². The predicted molar refractivity (Wildman–Crippen MR) is 278 cm³/mol. The highest BCUT2D eigenvalue weighted by atomic mass is 16.3. The Labute approximate surface area is 394 Å². The largest absolute Gasteiger partial charge is 0.456 e. The maximum Gasteiger partial charge on any atom is 0.161 e. The third-order valence-electron chi connectivity index (χ3n) is 14.3. The summed E-state index contributed by atoms with van der Waals surface area (Å²) in [5.41, 5.74) is 23.2. The van der Waals surface area contributed by atoms with E-state index in [4.69, 9.17) is 14.4 Å². The molecule has 0 radical (unpaired) electrons. The van der Waals surface area contributed by atoms with Crippen LogP contribution < -0.4 is 0 Å². The van der Waals surface area contributed by atoms with Crippen LogP contribution in [0.5, 0.6) is 0 Å². The third kappa shape index (κ3) is 5.72. The average Bonchev–Trinajstić information content (AvgIpc) is 4.05. The van der Waals surface area contributed by atoms with E-state index in [1.807, 2.05) is 0 Å². The summed E-state index contributed by atoms with van der Waals surface area (Å²) >= 11 is 0. The van der Waals surface area contributed by atoms with Crippen LogP contribution in [-0.2, 0) is 5.41 Å². The van der Waals surface area contributed by atoms with Crippen LogP contribution in [0.1, 0.15) is 22.3 Å². The molecule has 2 aliphatic carbocycles. The van der Waals surface area contributed by atoms with Gasteiger partial charge in [0.1, 0.15) is 11.2 Å². The molecule has 0 unspecified atom stereocenters. The van der Waals surface area contributed by atoms with Gasteiger partial charge >= 0.3 is 0 Å². The number of hydrogen-bond acceptors (Lipinski definition) is 3. The van der Waals surface area contributed by atoms with Crippen molar-refractivity contribution in [2.24, 2.45) is 0 Å². The lowest BCUT2D eigenvalue weighted by Crippen LogP contribution is -2.25. The molecule has 2 aliphatic rings. The zero-order valence-electron chi connectivity index (χ0n) is 36.9. The maximum absolute atomic E-state index is 6.71. The molecular weight excluding hydrogens is 825 g/mol. The maximum atomic E-state index is 6.71. The van der Waals surface area contributed by atoms with Crippen molar-refractivity contribution in [3.8, 4) is 89.5 Å². The van der Waals surface area contributed by atoms with E-state index in [-0.39, 0.29) is 0 Å². The lowest BCUT2D eigenvalue weighted by Gasteiger charge is -2.30. The molecule has 0 saturated heterocycles. The molecule has 0 N–H and O–H groups in total. The van der Waals surface area contributed by atoms with Gasteiger partial charge in [-0.15, -0.1) is 0 Å². The Morgan fingerprint density at radius 2 is 0.765 bits per heavy atom. The first kappa shape index (κ1) is 38.4. The van der Waals surface area contributed by atoms with Crippen molar-refractivity contribution in [2.75, 3.05) is 0 Å². The van der Waals surface area contributed by atoms with Crippen LogP contribution in [-0.4, -0.2) is 9.97 Å². The summed E-state index contributed by atoms with van der Waals surface area (Å²) in [7, 11) is 0. The molecule has 2 heterocycles. The summed E-state index contributed by atoms with van der Waals surface area (Å²) in [5.74, 6) is 0.640. The highest BCUT2D eigenvalue weighted by Crippen LogP contribution is 2.64. The van der Waals surface area contributed by atoms with Gasteiger partial charge in [-0.2, -0.15) is 0 Å². The minimum atomic E-state index is -0.421. The van der Waals surface area contributed by atoms with E-state index in [9.17, 15) is 0 Å². The van der Waals surface area contributed by atoms with E-state index in [1.54, 1.807) is 0 Å². The first-order valence-electron chi connectivity index (χ1n) is 23.3. The Bertz CT molecular complexity index is 3830. The van der Waals surface area contributed by atoms with Crippen LogP contribution in [0.15, 0.2) is 247 Å². The fraction of sp³-hybridized carbons (Fsp3) is 0.0154. The average molecular weight is 865 g/mol. The van der Waals surface area contributed by atoms with Gasteiger partial charge in [-0.25, -0.2) is 9.97 Å². The molecule has 2 aromatic heterocycles. The Morgan fingerprint density at radius 1 is 0.294 bits per heavy atom. The molecule has 10 aromatic carbocycles. The number of hydrogen-bond donors (Lipinski definition) is 0. The van der Waals surface area contributed by atoms with Crippen LogP contribution >= 0.6 is 0 Å². The lowest BCUT2D eigenvalue weighted by molar-refractivity contribution is 0.669. The molecule has 0 fully saturated rings. The van der Waals surface area contributed by atoms with Crippen LogP contribution in [0.25, 0.3) is 111 Å². The second-order valence-corrected chi connectivity index (χ2v) is 18.0. The number of nitrogens with zero attached hydrogens (tertiary/aromatic N) is 2. The second kappa shape index (κ2) is 15.1. The molecule has 12 aromatic rings. The van der Waals surface area contributed by atoms with Crippen molar-refractivity contribution >= 4 is 21.9 Å². The molecule has 0 saturated carbocycles. The highest BCUT2D eigenvalue weighted by molar-refractivity contribution is 6.13. The smallest absolute Gasteiger partial charge is 0.161 e. The van der Waals surface area contributed by atoms with E-state index < -0.39 is 5.41 Å². The van der Waals surface area contributed by atoms with E-state index in [0.717, 1.165) is 77.8 Å². The normalized spacial score (nSPS) is 12.8. The standard InChI is InChI=1S/C65H40N2O/c1-3-17-41(18-4-1)43-21-13-23-46(37-43)58-40-59(47-24-14-22-44(38-47)42-19-5-2-6-20-42)67-64(66-58)52-29-16-34-61-63(52)53-39-45(35-36-60(53)68-61)48-28-15-33-57-62(48)51-27-9-12-32-56(51)65(57)54-30-10-7-25-49(54)50-26-8-11-31-55(50)65/h1-40H. The Morgan fingerprint density at radius 3 is 1.40 bits per heavy atom. The molecule has 14 rings (SSSR count). The number of fused-ring (bicyclic) bond motifs is 13. The highest BCUT2D eigenvalue weighted by Gasteiger charge is 2.52. The lowest BCUT2D eigenvalue weighted by atomic mass is 9.70. The van der Waals surface area contributed by atoms with E-state index >= 15 is 0 Å². The van der Waals surface area contributed by atoms with Crippen molar-refractivity contribution < 1.29 is 4.42 Å². The third-order valence-corrected chi connectivity index (χ3v) is 14.3. The topological polar surface area (TPSA) is 38.9 Å². The van der Waals surface area contributed by atoms with Gasteiger partial charge in [0, 0.05) is 27.5 Å². The van der Waals surface area contributed by atoms with Crippen LogP contribution in [0, 0.1) is 0 Å². The number of aromatic nitrogens is 2. The zero-order valence-corrected chi connectivity index (χ0v) is 36.9. The van der Waals surface area contributed by atoms with Gasteiger partial charge in [0.25, 0.3) is 0 Å². The first-order chi connectivity index (χ1) is 33.7. The number of rotatable bonds is 6. The molecule has 0 amide bonds. The van der Waals surface area contributed by atoms with E-state index in [2.05, 4.69) is 243 Å². The van der Waals surface area contributed by atoms with Gasteiger partial charge in [-0.3, -0.25) is 0 Å². The summed E-state index contributed by atoms with van der Waals surface area (Å²) < 4.78 is 6.71. The summed E-state index contributed by atoms with van der Waals surface area (Å²) in [6.07, 6.45) is 0. The monoisotopic (exact) mass is 864 g/mol. The molecule has 0 atom stereocenters. The van der Waals surface area contributed by atoms with E-state index in [0.29, 0.717) is 5.82 Å². The van der Waals surface area contributed by atoms with Gasteiger partial charge in [-0.05, 0) is 114 Å². The van der Waals surface area contributed by atoms with E-state index in [1.165, 1.54) is 50.1 Å². The summed E-state index contributed by atoms with van der Waals surface area (Å²) in [5, 5.41) is 2.02. The molecule has 316 valence electrons. The minimum Gasteiger partial charge on any atom is -0.456 e. The van der Waals surface area contributed by atoms with Crippen LogP contribution in [0.3, 0.4) is 0 Å². The Hall–Kier alpha value is -8.92. The minimum absolute atomic E-state index is 0.421. The summed E-state index contributed by atoms with van der Waals surface area (Å²) in [6, 6.07) is 87.3. The number of benzene rings is 10. The van der Waals surface area contributed by atoms with Crippen molar-refractivity contribution in [2.45, 2.75) is 5.41 Å². The van der Waals surface area contributed by atoms with Gasteiger partial charge in [-0.1, -0.05) is 206 Å². The predicted octanol–water partition coefficient (Wildman–Crippen LogP) is 16.7. The fourth-order valence-corrected chi connectivity index (χ4v) is 11.4. The van der Waals surface area contributed by atoms with Gasteiger partial charge in [0.2, 0.25) is 0 Å². The van der Waals surface area contributed by atoms with Crippen LogP contribution in [0.4, 0.5) is 0 Å². The SMILES string of the molecule is c1ccc(-c2cccc(-c3cc(-c4cccc(-c5ccccc5)c4)nc(-c4cccc5oc6ccc(-c7cccc8c7-c7ccccc7C87c8ccccc8-c8ccccc87)cc6c45)n3)c2)cc1. The first-order valence-corrected chi connectivity index (χ1v) is 23.3. The molecular formula is C65H40N2O. The van der Waals surface area contributed by atoms with Gasteiger partial charge < -0.3 is 4.42 Å². The van der Waals surface area contributed by atoms with Crippen molar-refractivity contribution in [1.29, 1.82) is 0 Å². The Balaban J connectivity index is 0.968.